The molecule has 0 bridgehead atoms. The van der Waals surface area contributed by atoms with Gasteiger partial charge in [-0.05, 0) is 56.7 Å². The SMILES string of the molecule is Cc1ccc(NC(=O)CCn2cnc3c(c(C)c(C)n3-c3cccc(F)c3)c2=O)cc1. The van der Waals surface area contributed by atoms with Gasteiger partial charge in [0.2, 0.25) is 5.91 Å². The summed E-state index contributed by atoms with van der Waals surface area (Å²) in [4.78, 5) is 29.9. The van der Waals surface area contributed by atoms with Crippen LogP contribution < -0.4 is 10.9 Å². The van der Waals surface area contributed by atoms with Crippen molar-refractivity contribution >= 4 is 22.6 Å². The van der Waals surface area contributed by atoms with Crippen LogP contribution in [0.3, 0.4) is 0 Å². The summed E-state index contributed by atoms with van der Waals surface area (Å²) in [7, 11) is 0. The Balaban J connectivity index is 1.61. The Morgan fingerprint density at radius 2 is 1.84 bits per heavy atom. The van der Waals surface area contributed by atoms with Gasteiger partial charge in [-0.2, -0.15) is 0 Å². The highest BCUT2D eigenvalue weighted by Crippen LogP contribution is 2.25. The minimum absolute atomic E-state index is 0.142. The summed E-state index contributed by atoms with van der Waals surface area (Å²) in [5, 5.41) is 3.31. The van der Waals surface area contributed by atoms with Crippen LogP contribution in [0, 0.1) is 26.6 Å². The molecule has 4 aromatic rings. The molecule has 2 aromatic heterocycles. The minimum Gasteiger partial charge on any atom is -0.326 e. The second-order valence-corrected chi connectivity index (χ2v) is 7.63. The highest BCUT2D eigenvalue weighted by molar-refractivity contribution is 5.90. The summed E-state index contributed by atoms with van der Waals surface area (Å²) in [6.07, 6.45) is 1.59. The van der Waals surface area contributed by atoms with Gasteiger partial charge in [0.1, 0.15) is 5.82 Å². The Kier molecular flexibility index (Phi) is 5.42. The monoisotopic (exact) mass is 418 g/mol. The number of nitrogens with one attached hydrogen (secondary N) is 1. The quantitative estimate of drug-likeness (QED) is 0.526. The molecule has 0 fully saturated rings. The molecule has 0 spiro atoms. The number of amides is 1. The summed E-state index contributed by atoms with van der Waals surface area (Å²) >= 11 is 0. The number of hydrogen-bond donors (Lipinski definition) is 1. The zero-order valence-electron chi connectivity index (χ0n) is 17.6. The Labute approximate surface area is 179 Å². The summed E-state index contributed by atoms with van der Waals surface area (Å²) in [6, 6.07) is 13.7. The van der Waals surface area contributed by atoms with Crippen molar-refractivity contribution in [2.24, 2.45) is 0 Å². The molecular formula is C24H23FN4O2. The number of hydrogen-bond acceptors (Lipinski definition) is 3. The summed E-state index contributed by atoms with van der Waals surface area (Å²) < 4.78 is 17.0. The lowest BCUT2D eigenvalue weighted by Crippen LogP contribution is -2.24. The molecule has 2 heterocycles. The lowest BCUT2D eigenvalue weighted by Gasteiger charge is -2.09. The number of rotatable bonds is 5. The van der Waals surface area contributed by atoms with Crippen molar-refractivity contribution in [3.8, 4) is 5.69 Å². The first-order valence-electron chi connectivity index (χ1n) is 10.0. The van der Waals surface area contributed by atoms with Crippen LogP contribution in [0.2, 0.25) is 0 Å². The van der Waals surface area contributed by atoms with Crippen LogP contribution in [0.5, 0.6) is 0 Å². The number of benzene rings is 2. The molecule has 0 saturated carbocycles. The van der Waals surface area contributed by atoms with E-state index in [2.05, 4.69) is 10.3 Å². The van der Waals surface area contributed by atoms with Crippen LogP contribution in [-0.2, 0) is 11.3 Å². The summed E-state index contributed by atoms with van der Waals surface area (Å²) in [5.41, 5.74) is 4.30. The standard InChI is InChI=1S/C24H23FN4O2/c1-15-7-9-19(10-8-15)27-21(30)11-12-28-14-26-23-22(24(28)31)16(2)17(3)29(23)20-6-4-5-18(25)13-20/h4-10,13-14H,11-12H2,1-3H3,(H,27,30). The third-order valence-electron chi connectivity index (χ3n) is 5.46. The van der Waals surface area contributed by atoms with Crippen LogP contribution in [0.15, 0.2) is 59.7 Å². The molecule has 1 N–H and O–H groups in total. The topological polar surface area (TPSA) is 68.9 Å². The van der Waals surface area contributed by atoms with E-state index in [1.165, 1.54) is 23.0 Å². The van der Waals surface area contributed by atoms with E-state index in [1.807, 2.05) is 45.0 Å². The molecule has 0 aliphatic carbocycles. The molecule has 0 atom stereocenters. The highest BCUT2D eigenvalue weighted by Gasteiger charge is 2.18. The predicted molar refractivity (Wildman–Crippen MR) is 119 cm³/mol. The molecule has 31 heavy (non-hydrogen) atoms. The maximum absolute atomic E-state index is 13.7. The molecule has 7 heteroatoms. The van der Waals surface area contributed by atoms with Crippen molar-refractivity contribution in [3.63, 3.8) is 0 Å². The molecule has 0 radical (unpaired) electrons. The van der Waals surface area contributed by atoms with Crippen molar-refractivity contribution in [2.75, 3.05) is 5.32 Å². The number of halogens is 1. The van der Waals surface area contributed by atoms with Gasteiger partial charge in [-0.3, -0.25) is 18.7 Å². The first-order valence-corrected chi connectivity index (χ1v) is 10.0. The molecule has 0 saturated heterocycles. The van der Waals surface area contributed by atoms with Gasteiger partial charge >= 0.3 is 0 Å². The van der Waals surface area contributed by atoms with E-state index in [1.54, 1.807) is 16.7 Å². The van der Waals surface area contributed by atoms with E-state index in [0.29, 0.717) is 16.7 Å². The minimum atomic E-state index is -0.357. The number of fused-ring (bicyclic) bond motifs is 1. The number of aryl methyl sites for hydroxylation is 3. The number of anilines is 1. The van der Waals surface area contributed by atoms with Crippen LogP contribution in [0.1, 0.15) is 23.2 Å². The Morgan fingerprint density at radius 3 is 2.55 bits per heavy atom. The maximum atomic E-state index is 13.7. The number of carbonyl (C=O) groups is 1. The molecule has 158 valence electrons. The highest BCUT2D eigenvalue weighted by atomic mass is 19.1. The van der Waals surface area contributed by atoms with E-state index in [4.69, 9.17) is 0 Å². The van der Waals surface area contributed by atoms with Crippen molar-refractivity contribution in [2.45, 2.75) is 33.7 Å². The fourth-order valence-corrected chi connectivity index (χ4v) is 3.66. The third-order valence-corrected chi connectivity index (χ3v) is 5.46. The van der Waals surface area contributed by atoms with Crippen LogP contribution in [0.4, 0.5) is 10.1 Å². The molecule has 0 unspecified atom stereocenters. The molecule has 2 aromatic carbocycles. The van der Waals surface area contributed by atoms with Crippen molar-refractivity contribution in [1.29, 1.82) is 0 Å². The molecule has 1 amide bonds. The van der Waals surface area contributed by atoms with E-state index < -0.39 is 0 Å². The van der Waals surface area contributed by atoms with E-state index >= 15 is 0 Å². The van der Waals surface area contributed by atoms with Gasteiger partial charge in [0.25, 0.3) is 5.56 Å². The van der Waals surface area contributed by atoms with Gasteiger partial charge in [0, 0.05) is 24.3 Å². The third kappa shape index (κ3) is 3.99. The maximum Gasteiger partial charge on any atom is 0.263 e. The molecule has 4 rings (SSSR count). The molecule has 6 nitrogen and oxygen atoms in total. The average molecular weight is 418 g/mol. The number of aromatic nitrogens is 3. The average Bonchev–Trinajstić information content (AvgIpc) is 3.00. The van der Waals surface area contributed by atoms with Crippen molar-refractivity contribution in [1.82, 2.24) is 14.1 Å². The van der Waals surface area contributed by atoms with Gasteiger partial charge in [0.15, 0.2) is 5.65 Å². The van der Waals surface area contributed by atoms with Gasteiger partial charge in [-0.1, -0.05) is 23.8 Å². The summed E-state index contributed by atoms with van der Waals surface area (Å²) in [5.74, 6) is -0.537. The molecule has 0 aliphatic rings. The lowest BCUT2D eigenvalue weighted by atomic mass is 10.2. The van der Waals surface area contributed by atoms with Gasteiger partial charge < -0.3 is 5.32 Å². The van der Waals surface area contributed by atoms with Crippen LogP contribution in [-0.4, -0.2) is 20.0 Å². The second-order valence-electron chi connectivity index (χ2n) is 7.63. The van der Waals surface area contributed by atoms with Crippen molar-refractivity contribution in [3.05, 3.63) is 87.9 Å². The Bertz CT molecular complexity index is 1340. The first kappa shape index (κ1) is 20.5. The Morgan fingerprint density at radius 1 is 1.10 bits per heavy atom. The van der Waals surface area contributed by atoms with Crippen LogP contribution in [0.25, 0.3) is 16.7 Å². The van der Waals surface area contributed by atoms with Gasteiger partial charge in [-0.25, -0.2) is 9.37 Å². The van der Waals surface area contributed by atoms with E-state index in [0.717, 1.165) is 22.5 Å². The van der Waals surface area contributed by atoms with Crippen molar-refractivity contribution < 1.29 is 9.18 Å². The largest absolute Gasteiger partial charge is 0.326 e. The van der Waals surface area contributed by atoms with Crippen LogP contribution >= 0.6 is 0 Å². The number of nitrogens with zero attached hydrogens (tertiary/aromatic N) is 3. The normalized spacial score (nSPS) is 11.1. The fourth-order valence-electron chi connectivity index (χ4n) is 3.66. The second kappa shape index (κ2) is 8.18. The zero-order valence-corrected chi connectivity index (χ0v) is 17.6. The van der Waals surface area contributed by atoms with E-state index in [9.17, 15) is 14.0 Å². The smallest absolute Gasteiger partial charge is 0.263 e. The lowest BCUT2D eigenvalue weighted by molar-refractivity contribution is -0.116. The molecular weight excluding hydrogens is 395 g/mol. The predicted octanol–water partition coefficient (Wildman–Crippen LogP) is 4.28. The van der Waals surface area contributed by atoms with E-state index in [-0.39, 0.29) is 30.2 Å². The Hall–Kier alpha value is -3.74. The van der Waals surface area contributed by atoms with Gasteiger partial charge in [0.05, 0.1) is 17.4 Å². The number of carbonyl (C=O) groups excluding carboxylic acids is 1. The summed E-state index contributed by atoms with van der Waals surface area (Å²) in [6.45, 7) is 5.92. The zero-order chi connectivity index (χ0) is 22.1. The fraction of sp³-hybridized carbons (Fsp3) is 0.208. The molecule has 0 aliphatic heterocycles. The first-order chi connectivity index (χ1) is 14.8. The van der Waals surface area contributed by atoms with Gasteiger partial charge in [-0.15, -0.1) is 0 Å².